The van der Waals surface area contributed by atoms with Gasteiger partial charge in [-0.3, -0.25) is 4.18 Å². The van der Waals surface area contributed by atoms with E-state index in [1.807, 2.05) is 31.2 Å². The van der Waals surface area contributed by atoms with E-state index in [4.69, 9.17) is 13.9 Å². The summed E-state index contributed by atoms with van der Waals surface area (Å²) in [6.07, 6.45) is -1.15. The van der Waals surface area contributed by atoms with E-state index in [0.717, 1.165) is 35.3 Å². The maximum atomic E-state index is 12.4. The molecule has 7 nitrogen and oxygen atoms in total. The average Bonchev–Trinajstić information content (AvgIpc) is 2.92. The molecule has 0 spiro atoms. The van der Waals surface area contributed by atoms with Crippen LogP contribution in [0.2, 0.25) is 0 Å². The Hall–Kier alpha value is -3.46. The number of aliphatic hydroxyl groups excluding tert-OH is 1. The number of aryl methyl sites for hydroxylation is 1. The molecule has 1 unspecified atom stereocenters. The molecule has 0 aliphatic rings. The van der Waals surface area contributed by atoms with E-state index in [0.29, 0.717) is 11.3 Å². The van der Waals surface area contributed by atoms with Crippen molar-refractivity contribution < 1.29 is 22.4 Å². The van der Waals surface area contributed by atoms with Crippen LogP contribution in [0, 0.1) is 6.92 Å². The summed E-state index contributed by atoms with van der Waals surface area (Å²) >= 11 is 0. The monoisotopic (exact) mass is 520 g/mol. The van der Waals surface area contributed by atoms with Crippen molar-refractivity contribution in [2.24, 2.45) is 0 Å². The predicted molar refractivity (Wildman–Crippen MR) is 147 cm³/mol. The summed E-state index contributed by atoms with van der Waals surface area (Å²) in [5.74, 6) is 0.500. The van der Waals surface area contributed by atoms with Crippen molar-refractivity contribution in [1.82, 2.24) is 4.98 Å². The summed E-state index contributed by atoms with van der Waals surface area (Å²) < 4.78 is 35.6. The number of ether oxygens (including phenoxy) is 1. The highest BCUT2D eigenvalue weighted by Gasteiger charge is 2.18. The smallest absolute Gasteiger partial charge is 0.297 e. The summed E-state index contributed by atoms with van der Waals surface area (Å²) in [6.45, 7) is 7.46. The van der Waals surface area contributed by atoms with E-state index in [1.165, 1.54) is 17.8 Å². The molecule has 0 saturated heterocycles. The standard InChI is InChI=1S/C29H32N2O5S/c1-4-31(5-2)24-14-11-22(12-15-24)27-18-13-23-7-6-8-28(29(23)30-27)35-19-25(32)20-36-37(33,34)26-16-9-21(3)10-17-26/h6-18,25,32H,4-5,19-20H2,1-3H3. The first-order valence-corrected chi connectivity index (χ1v) is 13.7. The maximum Gasteiger partial charge on any atom is 0.297 e. The number of hydrogen-bond acceptors (Lipinski definition) is 7. The lowest BCUT2D eigenvalue weighted by atomic mass is 10.1. The number of para-hydroxylation sites is 1. The Kier molecular flexibility index (Phi) is 8.43. The molecule has 0 radical (unpaired) electrons. The number of anilines is 1. The summed E-state index contributed by atoms with van der Waals surface area (Å²) in [4.78, 5) is 7.15. The van der Waals surface area contributed by atoms with Crippen LogP contribution in [-0.4, -0.2) is 50.9 Å². The predicted octanol–water partition coefficient (Wildman–Crippen LogP) is 5.20. The van der Waals surface area contributed by atoms with Crippen LogP contribution in [-0.2, 0) is 14.3 Å². The molecule has 1 N–H and O–H groups in total. The average molecular weight is 521 g/mol. The van der Waals surface area contributed by atoms with Crippen LogP contribution >= 0.6 is 0 Å². The Morgan fingerprint density at radius 2 is 1.59 bits per heavy atom. The van der Waals surface area contributed by atoms with E-state index in [-0.39, 0.29) is 11.5 Å². The summed E-state index contributed by atoms with van der Waals surface area (Å²) in [5.41, 5.74) is 4.56. The number of benzene rings is 3. The molecule has 0 fully saturated rings. The molecule has 3 aromatic carbocycles. The van der Waals surface area contributed by atoms with E-state index in [9.17, 15) is 13.5 Å². The number of hydrogen-bond donors (Lipinski definition) is 1. The largest absolute Gasteiger partial charge is 0.489 e. The van der Waals surface area contributed by atoms with Crippen LogP contribution in [0.4, 0.5) is 5.69 Å². The van der Waals surface area contributed by atoms with E-state index < -0.39 is 22.8 Å². The van der Waals surface area contributed by atoms with Crippen molar-refractivity contribution in [2.45, 2.75) is 31.8 Å². The molecule has 1 heterocycles. The van der Waals surface area contributed by atoms with Gasteiger partial charge in [0, 0.05) is 29.7 Å². The first-order chi connectivity index (χ1) is 17.8. The van der Waals surface area contributed by atoms with Gasteiger partial charge < -0.3 is 14.7 Å². The highest BCUT2D eigenvalue weighted by molar-refractivity contribution is 7.86. The molecule has 0 amide bonds. The van der Waals surface area contributed by atoms with Crippen LogP contribution in [0.3, 0.4) is 0 Å². The summed E-state index contributed by atoms with van der Waals surface area (Å²) in [5, 5.41) is 11.2. The number of pyridine rings is 1. The van der Waals surface area contributed by atoms with Crippen molar-refractivity contribution in [3.05, 3.63) is 84.4 Å². The quantitative estimate of drug-likeness (QED) is 0.272. The van der Waals surface area contributed by atoms with Gasteiger partial charge in [0.15, 0.2) is 0 Å². The molecular weight excluding hydrogens is 488 g/mol. The van der Waals surface area contributed by atoms with Gasteiger partial charge in [-0.15, -0.1) is 0 Å². The van der Waals surface area contributed by atoms with Crippen molar-refractivity contribution in [2.75, 3.05) is 31.2 Å². The number of nitrogens with zero attached hydrogens (tertiary/aromatic N) is 2. The Balaban J connectivity index is 1.45. The highest BCUT2D eigenvalue weighted by atomic mass is 32.2. The summed E-state index contributed by atoms with van der Waals surface area (Å²) in [7, 11) is -3.97. The Labute approximate surface area is 218 Å². The molecule has 0 bridgehead atoms. The minimum Gasteiger partial charge on any atom is -0.489 e. The molecule has 4 aromatic rings. The van der Waals surface area contributed by atoms with Gasteiger partial charge >= 0.3 is 0 Å². The fourth-order valence-electron chi connectivity index (χ4n) is 4.00. The minimum atomic E-state index is -3.97. The van der Waals surface area contributed by atoms with E-state index in [1.54, 1.807) is 18.2 Å². The lowest BCUT2D eigenvalue weighted by Crippen LogP contribution is -2.25. The van der Waals surface area contributed by atoms with Gasteiger partial charge in [0.25, 0.3) is 10.1 Å². The van der Waals surface area contributed by atoms with Gasteiger partial charge in [-0.25, -0.2) is 4.98 Å². The molecule has 194 valence electrons. The van der Waals surface area contributed by atoms with E-state index >= 15 is 0 Å². The molecule has 8 heteroatoms. The van der Waals surface area contributed by atoms with Gasteiger partial charge in [-0.2, -0.15) is 8.42 Å². The normalized spacial score (nSPS) is 12.4. The highest BCUT2D eigenvalue weighted by Crippen LogP contribution is 2.28. The van der Waals surface area contributed by atoms with Crippen LogP contribution in [0.5, 0.6) is 5.75 Å². The van der Waals surface area contributed by atoms with Gasteiger partial charge in [-0.05, 0) is 57.2 Å². The Morgan fingerprint density at radius 1 is 0.892 bits per heavy atom. The molecule has 0 aliphatic carbocycles. The minimum absolute atomic E-state index is 0.0436. The topological polar surface area (TPSA) is 89.0 Å². The molecule has 0 saturated carbocycles. The fraction of sp³-hybridized carbons (Fsp3) is 0.276. The number of fused-ring (bicyclic) bond motifs is 1. The number of aliphatic hydroxyl groups is 1. The van der Waals surface area contributed by atoms with Crippen LogP contribution in [0.1, 0.15) is 19.4 Å². The van der Waals surface area contributed by atoms with Gasteiger partial charge in [0.1, 0.15) is 24.0 Å². The molecule has 37 heavy (non-hydrogen) atoms. The van der Waals surface area contributed by atoms with Crippen LogP contribution in [0.25, 0.3) is 22.2 Å². The van der Waals surface area contributed by atoms with E-state index in [2.05, 4.69) is 43.0 Å². The zero-order valence-corrected chi connectivity index (χ0v) is 22.1. The maximum absolute atomic E-state index is 12.4. The molecular formula is C29H32N2O5S. The molecule has 1 aromatic heterocycles. The first kappa shape index (κ1) is 26.6. The van der Waals surface area contributed by atoms with Crippen LogP contribution in [0.15, 0.2) is 83.8 Å². The Morgan fingerprint density at radius 3 is 2.27 bits per heavy atom. The zero-order chi connectivity index (χ0) is 26.4. The first-order valence-electron chi connectivity index (χ1n) is 12.3. The second kappa shape index (κ2) is 11.7. The fourth-order valence-corrected chi connectivity index (χ4v) is 4.95. The second-order valence-electron chi connectivity index (χ2n) is 8.76. The van der Waals surface area contributed by atoms with Gasteiger partial charge in [-0.1, -0.05) is 48.0 Å². The third kappa shape index (κ3) is 6.46. The molecule has 4 rings (SSSR count). The number of rotatable bonds is 11. The van der Waals surface area contributed by atoms with Crippen LogP contribution < -0.4 is 9.64 Å². The second-order valence-corrected chi connectivity index (χ2v) is 10.4. The van der Waals surface area contributed by atoms with Crippen molar-refractivity contribution in [3.63, 3.8) is 0 Å². The third-order valence-electron chi connectivity index (χ3n) is 6.13. The third-order valence-corrected chi connectivity index (χ3v) is 7.43. The molecule has 0 aliphatic heterocycles. The lowest BCUT2D eigenvalue weighted by molar-refractivity contribution is 0.0653. The van der Waals surface area contributed by atoms with Gasteiger partial charge in [0.05, 0.1) is 17.2 Å². The number of aromatic nitrogens is 1. The Bertz CT molecular complexity index is 1430. The van der Waals surface area contributed by atoms with Crippen molar-refractivity contribution in [3.8, 4) is 17.0 Å². The van der Waals surface area contributed by atoms with Gasteiger partial charge in [0.2, 0.25) is 0 Å². The SMILES string of the molecule is CCN(CC)c1ccc(-c2ccc3cccc(OCC(O)COS(=O)(=O)c4ccc(C)cc4)c3n2)cc1. The molecule has 1 atom stereocenters. The van der Waals surface area contributed by atoms with Crippen molar-refractivity contribution >= 4 is 26.7 Å². The van der Waals surface area contributed by atoms with Crippen molar-refractivity contribution in [1.29, 1.82) is 0 Å². The summed E-state index contributed by atoms with van der Waals surface area (Å²) in [6, 6.07) is 24.2. The zero-order valence-electron chi connectivity index (χ0n) is 21.3. The lowest BCUT2D eigenvalue weighted by Gasteiger charge is -2.21.